The number of rotatable bonds is 15. The van der Waals surface area contributed by atoms with Gasteiger partial charge in [-0.05, 0) is 39.9 Å². The van der Waals surface area contributed by atoms with Gasteiger partial charge in [0.1, 0.15) is 36.3 Å². The van der Waals surface area contributed by atoms with Gasteiger partial charge in [0, 0.05) is 5.56 Å². The minimum absolute atomic E-state index is 0.169. The van der Waals surface area contributed by atoms with Gasteiger partial charge < -0.3 is 28.8 Å². The smallest absolute Gasteiger partial charge is 0.129 e. The molecular formula is C41H41FO6. The van der Waals surface area contributed by atoms with E-state index < -0.39 is 36.3 Å². The van der Waals surface area contributed by atoms with Gasteiger partial charge in [0.2, 0.25) is 0 Å². The van der Waals surface area contributed by atoms with Crippen LogP contribution in [0.4, 0.5) is 4.39 Å². The van der Waals surface area contributed by atoms with Crippen molar-refractivity contribution in [2.75, 3.05) is 6.61 Å². The van der Waals surface area contributed by atoms with Crippen molar-refractivity contribution in [3.8, 4) is 0 Å². The molecule has 1 heterocycles. The zero-order valence-corrected chi connectivity index (χ0v) is 26.8. The molecule has 6 nitrogen and oxygen atoms in total. The zero-order chi connectivity index (χ0) is 33.0. The molecule has 248 valence electrons. The molecule has 0 bridgehead atoms. The maximum absolute atomic E-state index is 15.8. The Kier molecular flexibility index (Phi) is 12.1. The minimum Gasteiger partial charge on any atom is -0.392 e. The summed E-state index contributed by atoms with van der Waals surface area (Å²) in [6.07, 6.45) is -3.62. The highest BCUT2D eigenvalue weighted by atomic mass is 19.1. The van der Waals surface area contributed by atoms with Crippen molar-refractivity contribution >= 4 is 0 Å². The third kappa shape index (κ3) is 9.02. The highest BCUT2D eigenvalue weighted by Gasteiger charge is 2.49. The number of halogens is 1. The Morgan fingerprint density at radius 2 is 0.979 bits per heavy atom. The van der Waals surface area contributed by atoms with E-state index in [2.05, 4.69) is 0 Å². The molecule has 0 unspecified atom stereocenters. The fourth-order valence-electron chi connectivity index (χ4n) is 5.95. The standard InChI is InChI=1S/C41H41FO6/c42-36-22-21-34(24-43)23-35(36)38-40(46-27-32-17-9-3-10-18-32)41(47-28-33-19-11-4-12-20-33)39(45-26-31-15-7-2-8-16-31)37(48-38)29-44-25-30-13-5-1-6-14-30/h1-23,37-41,43H,24-29H2/t37-,38+,39-,40+,41+/m1/s1. The van der Waals surface area contributed by atoms with Gasteiger partial charge in [-0.15, -0.1) is 0 Å². The summed E-state index contributed by atoms with van der Waals surface area (Å²) < 4.78 is 48.9. The topological polar surface area (TPSA) is 66.4 Å². The van der Waals surface area contributed by atoms with Crippen LogP contribution in [0.2, 0.25) is 0 Å². The van der Waals surface area contributed by atoms with Crippen LogP contribution in [0.25, 0.3) is 0 Å². The van der Waals surface area contributed by atoms with Gasteiger partial charge in [0.15, 0.2) is 0 Å². The minimum atomic E-state index is -0.886. The molecule has 5 atom stereocenters. The van der Waals surface area contributed by atoms with E-state index in [-0.39, 0.29) is 32.0 Å². The van der Waals surface area contributed by atoms with Crippen molar-refractivity contribution in [1.82, 2.24) is 0 Å². The fourth-order valence-corrected chi connectivity index (χ4v) is 5.95. The summed E-state index contributed by atoms with van der Waals surface area (Å²) in [6.45, 7) is 1.14. The molecule has 0 aromatic heterocycles. The van der Waals surface area contributed by atoms with E-state index in [0.29, 0.717) is 18.8 Å². The fraction of sp³-hybridized carbons (Fsp3) is 0.268. The Bertz CT molecular complexity index is 1650. The van der Waals surface area contributed by atoms with E-state index in [4.69, 9.17) is 23.7 Å². The second-order valence-corrected chi connectivity index (χ2v) is 11.9. The lowest BCUT2D eigenvalue weighted by molar-refractivity contribution is -0.275. The van der Waals surface area contributed by atoms with Crippen LogP contribution in [-0.2, 0) is 56.7 Å². The Hall–Kier alpha value is -4.21. The second kappa shape index (κ2) is 17.3. The highest BCUT2D eigenvalue weighted by molar-refractivity contribution is 5.29. The van der Waals surface area contributed by atoms with Crippen LogP contribution in [0.1, 0.15) is 39.5 Å². The summed E-state index contributed by atoms with van der Waals surface area (Å²) in [5.41, 5.74) is 4.80. The largest absolute Gasteiger partial charge is 0.392 e. The van der Waals surface area contributed by atoms with Gasteiger partial charge in [0.05, 0.1) is 39.6 Å². The number of hydrogen-bond acceptors (Lipinski definition) is 6. The normalized spacial score (nSPS) is 20.8. The van der Waals surface area contributed by atoms with Gasteiger partial charge in [-0.1, -0.05) is 127 Å². The molecule has 48 heavy (non-hydrogen) atoms. The van der Waals surface area contributed by atoms with Crippen LogP contribution in [0.3, 0.4) is 0 Å². The first-order valence-electron chi connectivity index (χ1n) is 16.3. The summed E-state index contributed by atoms with van der Waals surface area (Å²) in [5, 5.41) is 9.97. The molecule has 0 radical (unpaired) electrons. The van der Waals surface area contributed by atoms with Gasteiger partial charge in [-0.3, -0.25) is 0 Å². The summed E-state index contributed by atoms with van der Waals surface area (Å²) in [5.74, 6) is -0.458. The van der Waals surface area contributed by atoms with Crippen LogP contribution < -0.4 is 0 Å². The van der Waals surface area contributed by atoms with E-state index in [1.165, 1.54) is 6.07 Å². The zero-order valence-electron chi connectivity index (χ0n) is 26.8. The van der Waals surface area contributed by atoms with Crippen molar-refractivity contribution in [3.63, 3.8) is 0 Å². The van der Waals surface area contributed by atoms with Crippen molar-refractivity contribution in [2.24, 2.45) is 0 Å². The Labute approximate surface area is 281 Å². The lowest BCUT2D eigenvalue weighted by atomic mass is 9.89. The molecular weight excluding hydrogens is 607 g/mol. The Morgan fingerprint density at radius 1 is 0.521 bits per heavy atom. The van der Waals surface area contributed by atoms with Crippen molar-refractivity contribution in [3.05, 3.63) is 179 Å². The number of hydrogen-bond donors (Lipinski definition) is 1. The first-order valence-corrected chi connectivity index (χ1v) is 16.3. The lowest BCUT2D eigenvalue weighted by Crippen LogP contribution is -2.58. The van der Waals surface area contributed by atoms with Gasteiger partial charge >= 0.3 is 0 Å². The van der Waals surface area contributed by atoms with E-state index in [1.54, 1.807) is 12.1 Å². The quantitative estimate of drug-likeness (QED) is 0.125. The molecule has 5 aromatic rings. The van der Waals surface area contributed by atoms with Crippen molar-refractivity contribution in [2.45, 2.75) is 63.6 Å². The summed E-state index contributed by atoms with van der Waals surface area (Å²) in [7, 11) is 0. The van der Waals surface area contributed by atoms with Crippen molar-refractivity contribution in [1.29, 1.82) is 0 Å². The number of aliphatic hydroxyl groups excluding tert-OH is 1. The molecule has 0 spiro atoms. The molecule has 1 N–H and O–H groups in total. The Balaban J connectivity index is 1.37. The molecule has 5 aromatic carbocycles. The van der Waals surface area contributed by atoms with Gasteiger partial charge in [-0.25, -0.2) is 4.39 Å². The summed E-state index contributed by atoms with van der Waals surface area (Å²) in [4.78, 5) is 0. The average Bonchev–Trinajstić information content (AvgIpc) is 3.14. The third-order valence-electron chi connectivity index (χ3n) is 8.43. The predicted molar refractivity (Wildman–Crippen MR) is 181 cm³/mol. The first-order chi connectivity index (χ1) is 23.7. The molecule has 0 saturated carbocycles. The van der Waals surface area contributed by atoms with E-state index in [9.17, 15) is 5.11 Å². The molecule has 6 rings (SSSR count). The van der Waals surface area contributed by atoms with E-state index in [1.807, 2.05) is 121 Å². The summed E-state index contributed by atoms with van der Waals surface area (Å²) in [6, 6.07) is 44.1. The van der Waals surface area contributed by atoms with E-state index >= 15 is 4.39 Å². The predicted octanol–water partition coefficient (Wildman–Crippen LogP) is 7.73. The third-order valence-corrected chi connectivity index (χ3v) is 8.43. The second-order valence-electron chi connectivity index (χ2n) is 11.9. The monoisotopic (exact) mass is 648 g/mol. The number of ether oxygens (including phenoxy) is 5. The first kappa shape index (κ1) is 33.7. The Morgan fingerprint density at radius 3 is 1.48 bits per heavy atom. The van der Waals surface area contributed by atoms with Gasteiger partial charge in [0.25, 0.3) is 0 Å². The number of aliphatic hydroxyl groups is 1. The number of benzene rings is 5. The maximum atomic E-state index is 15.8. The van der Waals surface area contributed by atoms with Gasteiger partial charge in [-0.2, -0.15) is 0 Å². The van der Waals surface area contributed by atoms with Crippen LogP contribution in [0.5, 0.6) is 0 Å². The highest BCUT2D eigenvalue weighted by Crippen LogP contribution is 2.40. The lowest BCUT2D eigenvalue weighted by Gasteiger charge is -2.46. The molecule has 1 aliphatic heterocycles. The molecule has 1 saturated heterocycles. The molecule has 7 heteroatoms. The molecule has 0 aliphatic carbocycles. The average molecular weight is 649 g/mol. The van der Waals surface area contributed by atoms with Crippen molar-refractivity contribution < 1.29 is 33.2 Å². The summed E-state index contributed by atoms with van der Waals surface area (Å²) >= 11 is 0. The van der Waals surface area contributed by atoms with Crippen LogP contribution in [0.15, 0.2) is 140 Å². The van der Waals surface area contributed by atoms with Crippen LogP contribution in [-0.4, -0.2) is 36.1 Å². The molecule has 1 fully saturated rings. The maximum Gasteiger partial charge on any atom is 0.129 e. The SMILES string of the molecule is OCc1ccc(F)c([C@@H]2O[C@H](COCc3ccccc3)[C@@H](OCc3ccccc3)[C@H](OCc3ccccc3)[C@H]2OCc2ccccc2)c1. The van der Waals surface area contributed by atoms with Crippen LogP contribution in [0, 0.1) is 5.82 Å². The molecule has 0 amide bonds. The molecule has 1 aliphatic rings. The van der Waals surface area contributed by atoms with Crippen LogP contribution >= 0.6 is 0 Å². The van der Waals surface area contributed by atoms with E-state index in [0.717, 1.165) is 22.3 Å².